The van der Waals surface area contributed by atoms with Crippen molar-refractivity contribution < 1.29 is 42.1 Å². The maximum atomic E-state index is 12.8. The number of hydrogen-bond acceptors (Lipinski definition) is 8. The molecule has 406 valence electrons. The molecule has 0 amide bonds. The summed E-state index contributed by atoms with van der Waals surface area (Å²) in [4.78, 5) is 37.8. The Balaban J connectivity index is 4.05. The number of ether oxygens (including phenoxy) is 2. The van der Waals surface area contributed by atoms with E-state index in [1.165, 1.54) is 244 Å². The van der Waals surface area contributed by atoms with Crippen LogP contribution in [0.4, 0.5) is 0 Å². The third-order valence-corrected chi connectivity index (χ3v) is 14.6. The first kappa shape index (κ1) is 67.0. The summed E-state index contributed by atoms with van der Waals surface area (Å²) in [6.07, 6.45) is 57.3. The molecule has 0 aromatic rings. The summed E-state index contributed by atoms with van der Waals surface area (Å²) in [7, 11) is 1.19. The van der Waals surface area contributed by atoms with Gasteiger partial charge in [-0.2, -0.15) is 0 Å². The van der Waals surface area contributed by atoms with Gasteiger partial charge in [-0.15, -0.1) is 0 Å². The summed E-state index contributed by atoms with van der Waals surface area (Å²) < 4.78 is 34.2. The average molecular weight is 987 g/mol. The predicted molar refractivity (Wildman–Crippen MR) is 287 cm³/mol. The van der Waals surface area contributed by atoms with Crippen LogP contribution in [0.2, 0.25) is 0 Å². The first-order chi connectivity index (χ1) is 33.0. The highest BCUT2D eigenvalue weighted by molar-refractivity contribution is 7.45. The van der Waals surface area contributed by atoms with Gasteiger partial charge in [-0.25, -0.2) is 0 Å². The molecule has 68 heavy (non-hydrogen) atoms. The van der Waals surface area contributed by atoms with Crippen molar-refractivity contribution in [2.45, 2.75) is 315 Å². The Labute approximate surface area is 423 Å². The Morgan fingerprint density at radius 3 is 0.941 bits per heavy atom. The fraction of sp³-hybridized carbons (Fsp3) is 0.966. The minimum absolute atomic E-state index is 0.0251. The molecule has 0 aliphatic rings. The first-order valence-corrected chi connectivity index (χ1v) is 31.2. The van der Waals surface area contributed by atoms with Crippen LogP contribution in [0.5, 0.6) is 0 Å². The highest BCUT2D eigenvalue weighted by Gasteiger charge is 2.22. The standard InChI is InChI=1S/C58H116NO8P/c1-6-8-10-12-14-16-18-20-22-24-25-26-27-28-29-30-31-32-33-35-37-39-41-43-45-47-49-51-58(61)67-56(55-66-68(62,63)65-53-52-59(3,4)5)54-64-57(60)50-48-46-44-42-40-38-36-34-23-21-19-17-15-13-11-9-7-2/h56H,6-55H2,1-5H3. The summed E-state index contributed by atoms with van der Waals surface area (Å²) >= 11 is 0. The number of quaternary nitrogens is 1. The number of phosphoric ester groups is 1. The van der Waals surface area contributed by atoms with E-state index in [-0.39, 0.29) is 32.0 Å². The molecule has 0 aliphatic carbocycles. The van der Waals surface area contributed by atoms with Gasteiger partial charge in [0.25, 0.3) is 7.82 Å². The lowest BCUT2D eigenvalue weighted by Crippen LogP contribution is -2.37. The molecule has 0 N–H and O–H groups in total. The molecule has 0 heterocycles. The quantitative estimate of drug-likeness (QED) is 0.0256. The second-order valence-corrected chi connectivity index (χ2v) is 23.1. The van der Waals surface area contributed by atoms with Crippen LogP contribution in [0.25, 0.3) is 0 Å². The number of hydrogen-bond donors (Lipinski definition) is 0. The number of carbonyl (C=O) groups excluding carboxylic acids is 2. The van der Waals surface area contributed by atoms with E-state index in [1.54, 1.807) is 0 Å². The zero-order valence-electron chi connectivity index (χ0n) is 46.1. The van der Waals surface area contributed by atoms with Crippen molar-refractivity contribution in [3.8, 4) is 0 Å². The third-order valence-electron chi connectivity index (χ3n) is 13.6. The van der Waals surface area contributed by atoms with E-state index in [9.17, 15) is 19.0 Å². The Morgan fingerprint density at radius 2 is 0.662 bits per heavy atom. The average Bonchev–Trinajstić information content (AvgIpc) is 3.30. The number of likely N-dealkylation sites (N-methyl/N-ethyl adjacent to an activating group) is 1. The van der Waals surface area contributed by atoms with E-state index >= 15 is 0 Å². The molecule has 0 fully saturated rings. The maximum Gasteiger partial charge on any atom is 0.306 e. The van der Waals surface area contributed by atoms with E-state index < -0.39 is 26.5 Å². The molecule has 0 saturated carbocycles. The van der Waals surface area contributed by atoms with Crippen LogP contribution in [0.3, 0.4) is 0 Å². The lowest BCUT2D eigenvalue weighted by Gasteiger charge is -2.28. The highest BCUT2D eigenvalue weighted by Crippen LogP contribution is 2.38. The van der Waals surface area contributed by atoms with Gasteiger partial charge in [0, 0.05) is 12.8 Å². The highest BCUT2D eigenvalue weighted by atomic mass is 31.2. The predicted octanol–water partition coefficient (Wildman–Crippen LogP) is 17.6. The molecule has 0 radical (unpaired) electrons. The molecule has 10 heteroatoms. The van der Waals surface area contributed by atoms with Crippen LogP contribution >= 0.6 is 7.82 Å². The number of nitrogens with zero attached hydrogens (tertiary/aromatic N) is 1. The SMILES string of the molecule is CCCCCCCCCCCCCCCCCCCCCCCCCCCCCC(=O)OC(COC(=O)CCCCCCCCCCCCCCCCCCC)COP(=O)([O-])OCC[N+](C)(C)C. The number of rotatable bonds is 56. The fourth-order valence-corrected chi connectivity index (χ4v) is 9.74. The topological polar surface area (TPSA) is 111 Å². The van der Waals surface area contributed by atoms with E-state index in [2.05, 4.69) is 13.8 Å². The van der Waals surface area contributed by atoms with Gasteiger partial charge in [-0.3, -0.25) is 14.2 Å². The van der Waals surface area contributed by atoms with Gasteiger partial charge in [0.1, 0.15) is 19.8 Å². The van der Waals surface area contributed by atoms with Crippen LogP contribution in [0.15, 0.2) is 0 Å². The molecule has 2 unspecified atom stereocenters. The normalized spacial score (nSPS) is 13.2. The molecular weight excluding hydrogens is 870 g/mol. The lowest BCUT2D eigenvalue weighted by molar-refractivity contribution is -0.870. The second-order valence-electron chi connectivity index (χ2n) is 21.7. The van der Waals surface area contributed by atoms with Gasteiger partial charge in [0.2, 0.25) is 0 Å². The third kappa shape index (κ3) is 54.3. The molecule has 0 aromatic heterocycles. The molecule has 0 spiro atoms. The minimum atomic E-state index is -4.63. The number of esters is 2. The monoisotopic (exact) mass is 986 g/mol. The Hall–Kier alpha value is -0.990. The Morgan fingerprint density at radius 1 is 0.397 bits per heavy atom. The Bertz CT molecular complexity index is 1120. The van der Waals surface area contributed by atoms with Crippen LogP contribution < -0.4 is 4.89 Å². The lowest BCUT2D eigenvalue weighted by atomic mass is 10.0. The Kier molecular flexibility index (Phi) is 50.2. The summed E-state index contributed by atoms with van der Waals surface area (Å²) in [5, 5.41) is 0. The summed E-state index contributed by atoms with van der Waals surface area (Å²) in [5.74, 6) is -0.809. The van der Waals surface area contributed by atoms with Crippen molar-refractivity contribution in [3.05, 3.63) is 0 Å². The second kappa shape index (κ2) is 50.9. The van der Waals surface area contributed by atoms with Gasteiger partial charge in [-0.05, 0) is 12.8 Å². The van der Waals surface area contributed by atoms with Gasteiger partial charge >= 0.3 is 11.9 Å². The first-order valence-electron chi connectivity index (χ1n) is 29.7. The van der Waals surface area contributed by atoms with E-state index in [0.29, 0.717) is 17.4 Å². The molecule has 0 bridgehead atoms. The molecule has 0 saturated heterocycles. The van der Waals surface area contributed by atoms with Crippen molar-refractivity contribution in [2.75, 3.05) is 47.5 Å². The van der Waals surface area contributed by atoms with Gasteiger partial charge in [0.05, 0.1) is 27.7 Å². The van der Waals surface area contributed by atoms with Crippen LogP contribution in [0.1, 0.15) is 309 Å². The molecular formula is C58H116NO8P. The number of phosphoric acid groups is 1. The molecule has 0 aliphatic heterocycles. The largest absolute Gasteiger partial charge is 0.756 e. The van der Waals surface area contributed by atoms with Crippen LogP contribution in [0, 0.1) is 0 Å². The zero-order chi connectivity index (χ0) is 49.9. The fourth-order valence-electron chi connectivity index (χ4n) is 9.01. The number of carbonyl (C=O) groups is 2. The minimum Gasteiger partial charge on any atom is -0.756 e. The van der Waals surface area contributed by atoms with Gasteiger partial charge < -0.3 is 27.9 Å². The van der Waals surface area contributed by atoms with Crippen LogP contribution in [-0.4, -0.2) is 70.0 Å². The van der Waals surface area contributed by atoms with Crippen molar-refractivity contribution in [1.82, 2.24) is 0 Å². The summed E-state index contributed by atoms with van der Waals surface area (Å²) in [5.41, 5.74) is 0. The van der Waals surface area contributed by atoms with Crippen molar-refractivity contribution in [1.29, 1.82) is 0 Å². The molecule has 0 rings (SSSR count). The summed E-state index contributed by atoms with van der Waals surface area (Å²) in [6.45, 7) is 4.31. The van der Waals surface area contributed by atoms with Crippen molar-refractivity contribution >= 4 is 19.8 Å². The zero-order valence-corrected chi connectivity index (χ0v) is 47.0. The van der Waals surface area contributed by atoms with E-state index in [1.807, 2.05) is 21.1 Å². The van der Waals surface area contributed by atoms with Gasteiger partial charge in [-0.1, -0.05) is 284 Å². The summed E-state index contributed by atoms with van der Waals surface area (Å²) in [6, 6.07) is 0. The van der Waals surface area contributed by atoms with Crippen molar-refractivity contribution in [3.63, 3.8) is 0 Å². The van der Waals surface area contributed by atoms with E-state index in [0.717, 1.165) is 32.1 Å². The van der Waals surface area contributed by atoms with Gasteiger partial charge in [0.15, 0.2) is 6.10 Å². The smallest absolute Gasteiger partial charge is 0.306 e. The van der Waals surface area contributed by atoms with Crippen molar-refractivity contribution in [2.24, 2.45) is 0 Å². The van der Waals surface area contributed by atoms with Crippen LogP contribution in [-0.2, 0) is 32.7 Å². The molecule has 0 aromatic carbocycles. The maximum absolute atomic E-state index is 12.8. The molecule has 9 nitrogen and oxygen atoms in total. The number of unbranched alkanes of at least 4 members (excludes halogenated alkanes) is 42. The van der Waals surface area contributed by atoms with E-state index in [4.69, 9.17) is 18.5 Å². The molecule has 2 atom stereocenters.